The molecule has 1 unspecified atom stereocenters. The zero-order valence-electron chi connectivity index (χ0n) is 15.2. The van der Waals surface area contributed by atoms with E-state index in [1.807, 2.05) is 31.2 Å². The van der Waals surface area contributed by atoms with Crippen molar-refractivity contribution in [3.05, 3.63) is 75.7 Å². The lowest BCUT2D eigenvalue weighted by Gasteiger charge is -2.23. The summed E-state index contributed by atoms with van der Waals surface area (Å²) in [5, 5.41) is 3.59. The zero-order chi connectivity index (χ0) is 19.6. The molecule has 2 atom stereocenters. The Morgan fingerprint density at radius 3 is 2.78 bits per heavy atom. The van der Waals surface area contributed by atoms with Gasteiger partial charge in [-0.1, -0.05) is 31.2 Å². The number of nitrogens with one attached hydrogen (secondary N) is 2. The second-order valence-corrected chi connectivity index (χ2v) is 6.55. The lowest BCUT2D eigenvalue weighted by atomic mass is 9.93. The number of carbonyl (C=O) groups excluding carboxylic acids is 1. The van der Waals surface area contributed by atoms with Gasteiger partial charge in [-0.25, -0.2) is 8.78 Å². The Hall–Kier alpha value is -2.76. The van der Waals surface area contributed by atoms with E-state index in [1.165, 1.54) is 12.2 Å². The number of fused-ring (bicyclic) bond motifs is 1. The van der Waals surface area contributed by atoms with Crippen LogP contribution >= 0.6 is 0 Å². The number of alkyl halides is 1. The van der Waals surface area contributed by atoms with E-state index in [2.05, 4.69) is 10.3 Å². The molecule has 1 aliphatic carbocycles. The molecule has 1 aromatic heterocycles. The number of pyridine rings is 1. The molecule has 2 N–H and O–H groups in total. The van der Waals surface area contributed by atoms with Crippen molar-refractivity contribution in [2.24, 2.45) is 0 Å². The first-order valence-electron chi connectivity index (χ1n) is 8.89. The lowest BCUT2D eigenvalue weighted by Crippen LogP contribution is -2.39. The number of para-hydroxylation sites is 1. The maximum atomic E-state index is 13.9. The number of hydrogen-bond acceptors (Lipinski definition) is 2. The lowest BCUT2D eigenvalue weighted by molar-refractivity contribution is -0.120. The van der Waals surface area contributed by atoms with Crippen LogP contribution in [-0.2, 0) is 17.6 Å². The molecule has 1 aromatic carbocycles. The fourth-order valence-corrected chi connectivity index (χ4v) is 3.39. The Morgan fingerprint density at radius 1 is 1.33 bits per heavy atom. The first-order valence-corrected chi connectivity index (χ1v) is 8.89. The number of amides is 1. The van der Waals surface area contributed by atoms with Crippen LogP contribution in [0, 0.1) is 5.92 Å². The van der Waals surface area contributed by atoms with Crippen LogP contribution in [0.2, 0.25) is 0 Å². The van der Waals surface area contributed by atoms with Gasteiger partial charge in [-0.15, -0.1) is 0 Å². The van der Waals surface area contributed by atoms with Crippen molar-refractivity contribution in [3.63, 3.8) is 0 Å². The minimum Gasteiger partial charge on any atom is -0.352 e. The number of aryl methyl sites for hydroxylation is 1. The molecule has 3 rings (SSSR count). The quantitative estimate of drug-likeness (QED) is 0.831. The predicted octanol–water partition coefficient (Wildman–Crippen LogP) is 3.97. The summed E-state index contributed by atoms with van der Waals surface area (Å²) in [6.07, 6.45) is 2.47. The molecular weight excluding hydrogens is 350 g/mol. The second-order valence-electron chi connectivity index (χ2n) is 6.55. The molecule has 0 bridgehead atoms. The molecule has 2 aromatic rings. The molecule has 0 aliphatic heterocycles. The molecule has 6 heteroatoms. The first-order chi connectivity index (χ1) is 12.9. The van der Waals surface area contributed by atoms with Crippen molar-refractivity contribution in [1.29, 1.82) is 0 Å². The number of carbonyl (C=O) groups is 1. The summed E-state index contributed by atoms with van der Waals surface area (Å²) in [6, 6.07) is 6.81. The Labute approximate surface area is 159 Å². The molecule has 0 saturated heterocycles. The van der Waals surface area contributed by atoms with E-state index in [-0.39, 0.29) is 20.8 Å². The highest BCUT2D eigenvalue weighted by Gasteiger charge is 2.26. The van der Waals surface area contributed by atoms with E-state index in [1.54, 1.807) is 6.92 Å². The minimum atomic E-state index is -1.46. The fourth-order valence-electron chi connectivity index (χ4n) is 3.39. The van der Waals surface area contributed by atoms with Crippen molar-refractivity contribution in [2.45, 2.75) is 38.9 Å². The third kappa shape index (κ3) is 3.99. The van der Waals surface area contributed by atoms with Gasteiger partial charge in [-0.3, -0.25) is 9.59 Å². The molecule has 0 saturated carbocycles. The highest BCUT2D eigenvalue weighted by atomic mass is 19.1. The summed E-state index contributed by atoms with van der Waals surface area (Å²) in [5.41, 5.74) is 1.66. The Bertz CT molecular complexity index is 988. The summed E-state index contributed by atoms with van der Waals surface area (Å²) in [7, 11) is 0. The normalized spacial score (nSPS) is 18.4. The van der Waals surface area contributed by atoms with Gasteiger partial charge in [0, 0.05) is 25.4 Å². The summed E-state index contributed by atoms with van der Waals surface area (Å²) in [6.45, 7) is 3.55. The number of halogens is 2. The Morgan fingerprint density at radius 2 is 2.07 bits per heavy atom. The molecule has 1 aliphatic rings. The average molecular weight is 375 g/mol. The Kier molecular flexibility index (Phi) is 5.54. The summed E-state index contributed by atoms with van der Waals surface area (Å²) < 4.78 is 27.0. The van der Waals surface area contributed by atoms with Crippen molar-refractivity contribution >= 4 is 16.8 Å². The van der Waals surface area contributed by atoms with Gasteiger partial charge in [0.05, 0.1) is 12.3 Å². The number of benzene rings is 1. The molecule has 27 heavy (non-hydrogen) atoms. The van der Waals surface area contributed by atoms with Crippen molar-refractivity contribution in [1.82, 2.24) is 10.3 Å². The standard InChI is InChI=1S/C21H21F2N2O2.2H2/c1-3-14-16-6-4-5-7-19(16)25-21(27)17(14)11-20(26)24-12(2)15-9-8-13(22)10-18(15)23;;/h4-10,12-13H,3,11H2,1-2H3,(H,24,26)(H,25,27);2*1H/t12-,13?;;/m0../s1. The van der Waals surface area contributed by atoms with Gasteiger partial charge < -0.3 is 10.3 Å². The summed E-state index contributed by atoms with van der Waals surface area (Å²) in [5.74, 6) is -0.870. The van der Waals surface area contributed by atoms with Gasteiger partial charge in [0.1, 0.15) is 12.0 Å². The summed E-state index contributed by atoms with van der Waals surface area (Å²) in [4.78, 5) is 27.7. The Balaban J connectivity index is 0.00000210. The molecular formula is C21H25F2N2O2. The van der Waals surface area contributed by atoms with E-state index in [0.29, 0.717) is 12.0 Å². The number of aromatic nitrogens is 1. The highest BCUT2D eigenvalue weighted by molar-refractivity contribution is 5.86. The SMILES string of the molecule is CCc1c(CC(=O)N[C@@H](C)[C]2C=CC(F)C=C2F)c(=O)[nH]c2ccccc12.[HH].[HH]. The van der Waals surface area contributed by atoms with Gasteiger partial charge >= 0.3 is 0 Å². The zero-order valence-corrected chi connectivity index (χ0v) is 15.2. The molecule has 0 fully saturated rings. The topological polar surface area (TPSA) is 62.0 Å². The third-order valence-corrected chi connectivity index (χ3v) is 4.71. The third-order valence-electron chi connectivity index (χ3n) is 4.71. The smallest absolute Gasteiger partial charge is 0.252 e. The number of aromatic amines is 1. The molecule has 0 spiro atoms. The van der Waals surface area contributed by atoms with Gasteiger partial charge in [-0.2, -0.15) is 0 Å². The van der Waals surface area contributed by atoms with Gasteiger partial charge in [0.25, 0.3) is 5.56 Å². The van der Waals surface area contributed by atoms with Gasteiger partial charge in [0.2, 0.25) is 5.91 Å². The van der Waals surface area contributed by atoms with Crippen LogP contribution in [-0.4, -0.2) is 23.1 Å². The number of rotatable bonds is 5. The van der Waals surface area contributed by atoms with Crippen LogP contribution in [0.1, 0.15) is 27.8 Å². The summed E-state index contributed by atoms with van der Waals surface area (Å²) >= 11 is 0. The molecule has 1 amide bonds. The highest BCUT2D eigenvalue weighted by Crippen LogP contribution is 2.27. The van der Waals surface area contributed by atoms with E-state index < -0.39 is 23.9 Å². The second kappa shape index (κ2) is 7.86. The minimum absolute atomic E-state index is 0. The number of hydrogen-bond donors (Lipinski definition) is 2. The molecule has 1 radical (unpaired) electrons. The number of allylic oxidation sites excluding steroid dienone is 2. The van der Waals surface area contributed by atoms with Crippen LogP contribution in [0.25, 0.3) is 10.9 Å². The van der Waals surface area contributed by atoms with E-state index >= 15 is 0 Å². The number of H-pyrrole nitrogens is 1. The van der Waals surface area contributed by atoms with Gasteiger partial charge in [0.15, 0.2) is 0 Å². The molecule has 1 heterocycles. The first kappa shape index (κ1) is 19.0. The van der Waals surface area contributed by atoms with Crippen LogP contribution in [0.4, 0.5) is 8.78 Å². The van der Waals surface area contributed by atoms with Gasteiger partial charge in [-0.05, 0) is 37.1 Å². The average Bonchev–Trinajstić information content (AvgIpc) is 2.62. The van der Waals surface area contributed by atoms with E-state index in [4.69, 9.17) is 0 Å². The molecule has 4 nitrogen and oxygen atoms in total. The van der Waals surface area contributed by atoms with Crippen molar-refractivity contribution in [3.8, 4) is 0 Å². The fraction of sp³-hybridized carbons (Fsp3) is 0.286. The molecule has 145 valence electrons. The largest absolute Gasteiger partial charge is 0.352 e. The van der Waals surface area contributed by atoms with Crippen LogP contribution in [0.5, 0.6) is 0 Å². The maximum Gasteiger partial charge on any atom is 0.252 e. The van der Waals surface area contributed by atoms with Crippen molar-refractivity contribution < 1.29 is 16.4 Å². The predicted molar refractivity (Wildman–Crippen MR) is 106 cm³/mol. The van der Waals surface area contributed by atoms with E-state index in [0.717, 1.165) is 22.5 Å². The van der Waals surface area contributed by atoms with Crippen LogP contribution in [0.15, 0.2) is 53.1 Å². The van der Waals surface area contributed by atoms with Crippen LogP contribution in [0.3, 0.4) is 0 Å². The monoisotopic (exact) mass is 375 g/mol. The van der Waals surface area contributed by atoms with E-state index in [9.17, 15) is 18.4 Å². The maximum absolute atomic E-state index is 13.9. The van der Waals surface area contributed by atoms with Crippen molar-refractivity contribution in [2.75, 3.05) is 0 Å². The van der Waals surface area contributed by atoms with Crippen LogP contribution < -0.4 is 10.9 Å².